The third-order valence-corrected chi connectivity index (χ3v) is 5.94. The zero-order valence-corrected chi connectivity index (χ0v) is 20.3. The first-order chi connectivity index (χ1) is 14.0. The third kappa shape index (κ3) is 6.49. The maximum Gasteiger partial charge on any atom is 0.410 e. The predicted octanol–water partition coefficient (Wildman–Crippen LogP) is 4.98. The Balaban J connectivity index is 2.07. The monoisotopic (exact) mass is 480 g/mol. The second-order valence-electron chi connectivity index (χ2n) is 8.71. The minimum absolute atomic E-state index is 0.146. The van der Waals surface area contributed by atoms with Crippen molar-refractivity contribution < 1.29 is 19.1 Å². The molecule has 0 unspecified atom stereocenters. The molecule has 1 aliphatic heterocycles. The molecule has 6 nitrogen and oxygen atoms in total. The molecule has 1 aromatic carbocycles. The second-order valence-corrected chi connectivity index (χ2v) is 9.56. The molecule has 1 amide bonds. The number of allylic oxidation sites excluding steroid dienone is 1. The molecule has 1 saturated heterocycles. The van der Waals surface area contributed by atoms with Crippen LogP contribution in [0.3, 0.4) is 0 Å². The molecule has 0 spiro atoms. The summed E-state index contributed by atoms with van der Waals surface area (Å²) in [6.45, 7) is 11.0. The number of methoxy groups -OCH3 is 1. The lowest BCUT2D eigenvalue weighted by Crippen LogP contribution is -2.45. The zero-order chi connectivity index (χ0) is 22.5. The highest BCUT2D eigenvalue weighted by Crippen LogP contribution is 2.28. The standard InChI is InChI=1S/C23H33BrN2O4/c1-15(17-11-13-26(14-12-17)22(28)30-23(3,4)5)25-16(2)20(21(27)29-6)18-9-7-8-10-19(18)24/h7-10,15,17,25H,11-14H2,1-6H3/b20-16-/t15-/m1/s1. The highest BCUT2D eigenvalue weighted by molar-refractivity contribution is 9.10. The van der Waals surface area contributed by atoms with Gasteiger partial charge in [0.05, 0.1) is 12.7 Å². The van der Waals surface area contributed by atoms with Gasteiger partial charge in [-0.25, -0.2) is 9.59 Å². The van der Waals surface area contributed by atoms with Crippen molar-refractivity contribution in [2.75, 3.05) is 20.2 Å². The van der Waals surface area contributed by atoms with E-state index in [1.807, 2.05) is 52.0 Å². The van der Waals surface area contributed by atoms with Crippen LogP contribution in [0.2, 0.25) is 0 Å². The molecule has 1 aliphatic rings. The summed E-state index contributed by atoms with van der Waals surface area (Å²) in [5.74, 6) is 0.00981. The largest absolute Gasteiger partial charge is 0.465 e. The van der Waals surface area contributed by atoms with Crippen LogP contribution in [0, 0.1) is 5.92 Å². The highest BCUT2D eigenvalue weighted by atomic mass is 79.9. The Morgan fingerprint density at radius 2 is 1.80 bits per heavy atom. The van der Waals surface area contributed by atoms with E-state index < -0.39 is 5.60 Å². The molecule has 0 aliphatic carbocycles. The van der Waals surface area contributed by atoms with E-state index >= 15 is 0 Å². The number of carbonyl (C=O) groups is 2. The Morgan fingerprint density at radius 3 is 2.33 bits per heavy atom. The molecule has 1 aromatic rings. The van der Waals surface area contributed by atoms with Gasteiger partial charge in [0.2, 0.25) is 0 Å². The van der Waals surface area contributed by atoms with Gasteiger partial charge in [-0.05, 0) is 59.4 Å². The number of halogens is 1. The maximum atomic E-state index is 12.5. The number of amides is 1. The van der Waals surface area contributed by atoms with Crippen LogP contribution in [0.5, 0.6) is 0 Å². The fourth-order valence-corrected chi connectivity index (χ4v) is 4.15. The Hall–Kier alpha value is -2.02. The Morgan fingerprint density at radius 1 is 1.20 bits per heavy atom. The fraction of sp³-hybridized carbons (Fsp3) is 0.565. The number of esters is 1. The quantitative estimate of drug-likeness (QED) is 0.475. The lowest BCUT2D eigenvalue weighted by atomic mass is 9.90. The average Bonchev–Trinajstić information content (AvgIpc) is 2.68. The number of piperidine rings is 1. The number of benzene rings is 1. The van der Waals surface area contributed by atoms with E-state index in [1.54, 1.807) is 4.90 Å². The van der Waals surface area contributed by atoms with Crippen molar-refractivity contribution in [3.8, 4) is 0 Å². The first-order valence-corrected chi connectivity index (χ1v) is 11.1. The van der Waals surface area contributed by atoms with Crippen LogP contribution in [-0.4, -0.2) is 48.8 Å². The summed E-state index contributed by atoms with van der Waals surface area (Å²) in [5.41, 5.74) is 1.60. The van der Waals surface area contributed by atoms with E-state index in [9.17, 15) is 9.59 Å². The normalized spacial score (nSPS) is 17.1. The van der Waals surface area contributed by atoms with Gasteiger partial charge in [-0.15, -0.1) is 0 Å². The van der Waals surface area contributed by atoms with Crippen LogP contribution in [0.25, 0.3) is 5.57 Å². The number of ether oxygens (including phenoxy) is 2. The van der Waals surface area contributed by atoms with Gasteiger partial charge in [0.25, 0.3) is 0 Å². The van der Waals surface area contributed by atoms with Crippen molar-refractivity contribution in [2.24, 2.45) is 5.92 Å². The maximum absolute atomic E-state index is 12.5. The molecular formula is C23H33BrN2O4. The molecule has 0 bridgehead atoms. The summed E-state index contributed by atoms with van der Waals surface area (Å²) in [6.07, 6.45) is 1.51. The van der Waals surface area contributed by atoms with Crippen molar-refractivity contribution in [1.29, 1.82) is 0 Å². The van der Waals surface area contributed by atoms with Gasteiger partial charge >= 0.3 is 12.1 Å². The molecule has 1 heterocycles. The van der Waals surface area contributed by atoms with Crippen LogP contribution in [0.4, 0.5) is 4.79 Å². The Labute approximate surface area is 188 Å². The minimum Gasteiger partial charge on any atom is -0.465 e. The van der Waals surface area contributed by atoms with Gasteiger partial charge in [-0.2, -0.15) is 0 Å². The third-order valence-electron chi connectivity index (χ3n) is 5.25. The number of hydrogen-bond acceptors (Lipinski definition) is 5. The first kappa shape index (κ1) is 24.3. The molecule has 0 aromatic heterocycles. The lowest BCUT2D eigenvalue weighted by molar-refractivity contribution is -0.133. The van der Waals surface area contributed by atoms with E-state index in [2.05, 4.69) is 28.2 Å². The summed E-state index contributed by atoms with van der Waals surface area (Å²) in [7, 11) is 1.39. The summed E-state index contributed by atoms with van der Waals surface area (Å²) in [6, 6.07) is 7.75. The highest BCUT2D eigenvalue weighted by Gasteiger charge is 2.30. The Bertz CT molecular complexity index is 793. The van der Waals surface area contributed by atoms with Crippen molar-refractivity contribution >= 4 is 33.6 Å². The van der Waals surface area contributed by atoms with Gasteiger partial charge in [0.1, 0.15) is 5.60 Å². The number of nitrogens with zero attached hydrogens (tertiary/aromatic N) is 1. The molecule has 30 heavy (non-hydrogen) atoms. The number of hydrogen-bond donors (Lipinski definition) is 1. The summed E-state index contributed by atoms with van der Waals surface area (Å²) in [4.78, 5) is 26.6. The summed E-state index contributed by atoms with van der Waals surface area (Å²) in [5, 5.41) is 3.50. The minimum atomic E-state index is -0.485. The summed E-state index contributed by atoms with van der Waals surface area (Å²) < 4.78 is 11.3. The molecule has 166 valence electrons. The number of nitrogens with one attached hydrogen (secondary N) is 1. The van der Waals surface area contributed by atoms with Crippen molar-refractivity contribution in [2.45, 2.75) is 59.1 Å². The van der Waals surface area contributed by atoms with E-state index in [1.165, 1.54) is 7.11 Å². The smallest absolute Gasteiger partial charge is 0.410 e. The van der Waals surface area contributed by atoms with Gasteiger partial charge in [-0.1, -0.05) is 34.1 Å². The van der Waals surface area contributed by atoms with Gasteiger partial charge in [0, 0.05) is 34.9 Å². The van der Waals surface area contributed by atoms with Crippen molar-refractivity contribution in [3.63, 3.8) is 0 Å². The fourth-order valence-electron chi connectivity index (χ4n) is 3.67. The number of carbonyl (C=O) groups excluding carboxylic acids is 2. The number of rotatable bonds is 5. The molecule has 1 N–H and O–H groups in total. The van der Waals surface area contributed by atoms with Crippen molar-refractivity contribution in [1.82, 2.24) is 10.2 Å². The predicted molar refractivity (Wildman–Crippen MR) is 122 cm³/mol. The van der Waals surface area contributed by atoms with Gasteiger partial charge < -0.3 is 19.7 Å². The van der Waals surface area contributed by atoms with E-state index in [4.69, 9.17) is 9.47 Å². The lowest BCUT2D eigenvalue weighted by Gasteiger charge is -2.36. The second kappa shape index (κ2) is 10.3. The molecule has 1 atom stereocenters. The van der Waals surface area contributed by atoms with Gasteiger partial charge in [0.15, 0.2) is 0 Å². The van der Waals surface area contributed by atoms with Crippen LogP contribution in [0.15, 0.2) is 34.4 Å². The average molecular weight is 481 g/mol. The number of likely N-dealkylation sites (tertiary alicyclic amines) is 1. The molecule has 0 radical (unpaired) electrons. The zero-order valence-electron chi connectivity index (χ0n) is 18.8. The van der Waals surface area contributed by atoms with Crippen LogP contribution in [-0.2, 0) is 14.3 Å². The van der Waals surface area contributed by atoms with E-state index in [-0.39, 0.29) is 18.1 Å². The van der Waals surface area contributed by atoms with E-state index in [0.717, 1.165) is 28.6 Å². The van der Waals surface area contributed by atoms with Crippen LogP contribution >= 0.6 is 15.9 Å². The van der Waals surface area contributed by atoms with Crippen LogP contribution in [0.1, 0.15) is 53.0 Å². The molecule has 1 fully saturated rings. The SMILES string of the molecule is COC(=O)/C(=C(/C)N[C@H](C)C1CCN(C(=O)OC(C)(C)C)CC1)c1ccccc1Br. The summed E-state index contributed by atoms with van der Waals surface area (Å²) >= 11 is 3.53. The molecule has 7 heteroatoms. The van der Waals surface area contributed by atoms with Gasteiger partial charge in [-0.3, -0.25) is 0 Å². The molecule has 2 rings (SSSR count). The first-order valence-electron chi connectivity index (χ1n) is 10.3. The Kier molecular flexibility index (Phi) is 8.35. The topological polar surface area (TPSA) is 67.9 Å². The molecule has 0 saturated carbocycles. The van der Waals surface area contributed by atoms with Crippen LogP contribution < -0.4 is 5.32 Å². The van der Waals surface area contributed by atoms with E-state index in [0.29, 0.717) is 24.6 Å². The molecular weight excluding hydrogens is 448 g/mol. The van der Waals surface area contributed by atoms with Crippen molar-refractivity contribution in [3.05, 3.63) is 40.0 Å².